The molecule has 1 N–H and O–H groups in total. The molecule has 29 heavy (non-hydrogen) atoms. The van der Waals surface area contributed by atoms with E-state index >= 15 is 0 Å². The van der Waals surface area contributed by atoms with E-state index in [1.165, 1.54) is 6.07 Å². The number of aromatic nitrogens is 2. The Hall–Kier alpha value is -3.22. The van der Waals surface area contributed by atoms with Gasteiger partial charge in [-0.3, -0.25) is 9.48 Å². The molecule has 0 saturated heterocycles. The van der Waals surface area contributed by atoms with Crippen LogP contribution in [0.5, 0.6) is 5.75 Å². The Morgan fingerprint density at radius 2 is 1.97 bits per heavy atom. The largest absolute Gasteiger partial charge is 0.486 e. The van der Waals surface area contributed by atoms with Crippen LogP contribution in [0.15, 0.2) is 48.5 Å². The van der Waals surface area contributed by atoms with Crippen LogP contribution in [0.1, 0.15) is 33.7 Å². The highest BCUT2D eigenvalue weighted by Gasteiger charge is 2.09. The normalized spacial score (nSPS) is 10.8. The Bertz CT molecular complexity index is 1000. The molecule has 0 aliphatic carbocycles. The van der Waals surface area contributed by atoms with Crippen molar-refractivity contribution in [2.75, 3.05) is 6.54 Å². The minimum Gasteiger partial charge on any atom is -0.486 e. The molecule has 152 valence electrons. The van der Waals surface area contributed by atoms with Crippen molar-refractivity contribution in [1.82, 2.24) is 15.1 Å². The molecule has 0 spiro atoms. The Kier molecular flexibility index (Phi) is 6.59. The van der Waals surface area contributed by atoms with Gasteiger partial charge >= 0.3 is 0 Å². The summed E-state index contributed by atoms with van der Waals surface area (Å²) in [4.78, 5) is 12.4. The number of amides is 1. The van der Waals surface area contributed by atoms with Gasteiger partial charge in [0.15, 0.2) is 11.6 Å². The molecule has 0 bridgehead atoms. The standard InChI is InChI=1S/C22H23F2N3O2/c1-15-11-16(2)27(26-15)10-4-9-25-22(28)18-6-3-5-17(12-18)14-29-21-8-7-19(23)13-20(21)24/h3,5-8,11-13H,4,9-10,14H2,1-2H3,(H,25,28). The van der Waals surface area contributed by atoms with Crippen molar-refractivity contribution in [3.63, 3.8) is 0 Å². The molecule has 1 amide bonds. The molecule has 0 atom stereocenters. The summed E-state index contributed by atoms with van der Waals surface area (Å²) < 4.78 is 33.9. The number of rotatable bonds is 8. The van der Waals surface area contributed by atoms with Crippen molar-refractivity contribution in [3.8, 4) is 5.75 Å². The number of halogens is 2. The fourth-order valence-corrected chi connectivity index (χ4v) is 2.99. The topological polar surface area (TPSA) is 56.2 Å². The fourth-order valence-electron chi connectivity index (χ4n) is 2.99. The molecule has 2 aromatic carbocycles. The van der Waals surface area contributed by atoms with Gasteiger partial charge in [-0.05, 0) is 56.2 Å². The molecule has 1 aromatic heterocycles. The monoisotopic (exact) mass is 399 g/mol. The predicted molar refractivity (Wildman–Crippen MR) is 106 cm³/mol. The first kappa shape index (κ1) is 20.5. The Labute approximate surface area is 168 Å². The van der Waals surface area contributed by atoms with Crippen molar-refractivity contribution in [2.24, 2.45) is 0 Å². The van der Waals surface area contributed by atoms with Crippen molar-refractivity contribution in [2.45, 2.75) is 33.4 Å². The first-order valence-electron chi connectivity index (χ1n) is 9.38. The lowest BCUT2D eigenvalue weighted by molar-refractivity contribution is 0.0952. The molecule has 0 saturated carbocycles. The van der Waals surface area contributed by atoms with Crippen LogP contribution in [0.2, 0.25) is 0 Å². The van der Waals surface area contributed by atoms with E-state index in [9.17, 15) is 13.6 Å². The average Bonchev–Trinajstić information content (AvgIpc) is 3.01. The number of ether oxygens (including phenoxy) is 1. The van der Waals surface area contributed by atoms with Crippen LogP contribution in [0.4, 0.5) is 8.78 Å². The number of hydrogen-bond donors (Lipinski definition) is 1. The SMILES string of the molecule is Cc1cc(C)n(CCCNC(=O)c2cccc(COc3ccc(F)cc3F)c2)n1. The summed E-state index contributed by atoms with van der Waals surface area (Å²) >= 11 is 0. The Morgan fingerprint density at radius 3 is 2.69 bits per heavy atom. The maximum Gasteiger partial charge on any atom is 0.251 e. The zero-order valence-electron chi connectivity index (χ0n) is 16.4. The highest BCUT2D eigenvalue weighted by Crippen LogP contribution is 2.19. The van der Waals surface area contributed by atoms with E-state index in [-0.39, 0.29) is 18.3 Å². The number of nitrogens with one attached hydrogen (secondary N) is 1. The molecule has 0 fully saturated rings. The summed E-state index contributed by atoms with van der Waals surface area (Å²) in [7, 11) is 0. The van der Waals surface area contributed by atoms with E-state index in [0.717, 1.165) is 36.5 Å². The van der Waals surface area contributed by atoms with Crippen LogP contribution in [0.3, 0.4) is 0 Å². The molecular formula is C22H23F2N3O2. The van der Waals surface area contributed by atoms with E-state index in [4.69, 9.17) is 4.74 Å². The van der Waals surface area contributed by atoms with Crippen LogP contribution in [0, 0.1) is 25.5 Å². The second kappa shape index (κ2) is 9.32. The minimum absolute atomic E-state index is 0.0367. The number of carbonyl (C=O) groups excluding carboxylic acids is 1. The number of benzene rings is 2. The van der Waals surface area contributed by atoms with Gasteiger partial charge in [0, 0.05) is 30.4 Å². The summed E-state index contributed by atoms with van der Waals surface area (Å²) in [6.07, 6.45) is 0.764. The molecule has 0 aliphatic heterocycles. The number of carbonyl (C=O) groups is 1. The summed E-state index contributed by atoms with van der Waals surface area (Å²) in [6.45, 7) is 5.29. The van der Waals surface area contributed by atoms with E-state index in [0.29, 0.717) is 17.7 Å². The maximum absolute atomic E-state index is 13.6. The van der Waals surface area contributed by atoms with Crippen LogP contribution in [-0.2, 0) is 13.2 Å². The third-order valence-corrected chi connectivity index (χ3v) is 4.41. The predicted octanol–water partition coefficient (Wildman–Crippen LogP) is 4.18. The summed E-state index contributed by atoms with van der Waals surface area (Å²) in [6, 6.07) is 12.1. The second-order valence-corrected chi connectivity index (χ2v) is 6.82. The molecule has 1 heterocycles. The average molecular weight is 399 g/mol. The molecule has 0 radical (unpaired) electrons. The van der Waals surface area contributed by atoms with Crippen molar-refractivity contribution >= 4 is 5.91 Å². The van der Waals surface area contributed by atoms with Crippen LogP contribution >= 0.6 is 0 Å². The summed E-state index contributed by atoms with van der Waals surface area (Å²) in [5.74, 6) is -1.65. The Morgan fingerprint density at radius 1 is 1.14 bits per heavy atom. The molecule has 3 rings (SSSR count). The van der Waals surface area contributed by atoms with E-state index < -0.39 is 11.6 Å². The summed E-state index contributed by atoms with van der Waals surface area (Å²) in [5, 5.41) is 7.28. The first-order valence-corrected chi connectivity index (χ1v) is 9.38. The quantitative estimate of drug-likeness (QED) is 0.578. The zero-order valence-corrected chi connectivity index (χ0v) is 16.4. The van der Waals surface area contributed by atoms with E-state index in [1.54, 1.807) is 24.3 Å². The van der Waals surface area contributed by atoms with E-state index in [2.05, 4.69) is 10.4 Å². The van der Waals surface area contributed by atoms with Crippen LogP contribution in [-0.4, -0.2) is 22.2 Å². The molecule has 0 unspecified atom stereocenters. The molecular weight excluding hydrogens is 376 g/mol. The van der Waals surface area contributed by atoms with Gasteiger partial charge in [-0.1, -0.05) is 12.1 Å². The number of hydrogen-bond acceptors (Lipinski definition) is 3. The van der Waals surface area contributed by atoms with E-state index in [1.807, 2.05) is 24.6 Å². The molecule has 3 aromatic rings. The van der Waals surface area contributed by atoms with Gasteiger partial charge in [0.2, 0.25) is 0 Å². The third kappa shape index (κ3) is 5.63. The number of aryl methyl sites for hydroxylation is 3. The second-order valence-electron chi connectivity index (χ2n) is 6.82. The van der Waals surface area contributed by atoms with Gasteiger partial charge in [-0.2, -0.15) is 5.10 Å². The van der Waals surface area contributed by atoms with Gasteiger partial charge in [0.05, 0.1) is 5.69 Å². The van der Waals surface area contributed by atoms with Gasteiger partial charge in [0.25, 0.3) is 5.91 Å². The maximum atomic E-state index is 13.6. The zero-order chi connectivity index (χ0) is 20.8. The summed E-state index contributed by atoms with van der Waals surface area (Å²) in [5.41, 5.74) is 3.28. The highest BCUT2D eigenvalue weighted by atomic mass is 19.1. The first-order chi connectivity index (χ1) is 13.9. The minimum atomic E-state index is -0.762. The van der Waals surface area contributed by atoms with Crippen LogP contribution in [0.25, 0.3) is 0 Å². The fraction of sp³-hybridized carbons (Fsp3) is 0.273. The molecule has 7 heteroatoms. The lowest BCUT2D eigenvalue weighted by atomic mass is 10.1. The lowest BCUT2D eigenvalue weighted by Gasteiger charge is -2.10. The lowest BCUT2D eigenvalue weighted by Crippen LogP contribution is -2.25. The Balaban J connectivity index is 1.50. The molecule has 0 aliphatic rings. The highest BCUT2D eigenvalue weighted by molar-refractivity contribution is 5.94. The van der Waals surface area contributed by atoms with Gasteiger partial charge in [-0.25, -0.2) is 8.78 Å². The third-order valence-electron chi connectivity index (χ3n) is 4.41. The van der Waals surface area contributed by atoms with Crippen molar-refractivity contribution < 1.29 is 18.3 Å². The van der Waals surface area contributed by atoms with Gasteiger partial charge < -0.3 is 10.1 Å². The van der Waals surface area contributed by atoms with Crippen LogP contribution < -0.4 is 10.1 Å². The van der Waals surface area contributed by atoms with Crippen molar-refractivity contribution in [1.29, 1.82) is 0 Å². The molecule has 5 nitrogen and oxygen atoms in total. The number of nitrogens with zero attached hydrogens (tertiary/aromatic N) is 2. The van der Waals surface area contributed by atoms with Gasteiger partial charge in [0.1, 0.15) is 12.4 Å². The van der Waals surface area contributed by atoms with Gasteiger partial charge in [-0.15, -0.1) is 0 Å². The van der Waals surface area contributed by atoms with Crippen molar-refractivity contribution in [3.05, 3.63) is 82.7 Å². The smallest absolute Gasteiger partial charge is 0.251 e.